The Kier molecular flexibility index (Phi) is 5.30. The summed E-state index contributed by atoms with van der Waals surface area (Å²) < 4.78 is 24.6. The van der Waals surface area contributed by atoms with Crippen LogP contribution in [0.1, 0.15) is 29.6 Å². The predicted molar refractivity (Wildman–Crippen MR) is 84.6 cm³/mol. The van der Waals surface area contributed by atoms with Crippen molar-refractivity contribution in [2.75, 3.05) is 19.3 Å². The van der Waals surface area contributed by atoms with Gasteiger partial charge in [0.05, 0.1) is 11.3 Å². The van der Waals surface area contributed by atoms with Crippen LogP contribution in [0.15, 0.2) is 18.2 Å². The first-order chi connectivity index (χ1) is 9.77. The van der Waals surface area contributed by atoms with Gasteiger partial charge < -0.3 is 0 Å². The van der Waals surface area contributed by atoms with Crippen molar-refractivity contribution >= 4 is 39.0 Å². The zero-order chi connectivity index (χ0) is 15.6. The molecule has 0 saturated carbocycles. The quantitative estimate of drug-likeness (QED) is 0.784. The topological polar surface area (TPSA) is 54.5 Å². The molecule has 2 rings (SSSR count). The van der Waals surface area contributed by atoms with E-state index in [1.165, 1.54) is 10.6 Å². The number of benzene rings is 1. The van der Waals surface area contributed by atoms with Gasteiger partial charge in [0.15, 0.2) is 5.78 Å². The highest BCUT2D eigenvalue weighted by Gasteiger charge is 2.27. The smallest absolute Gasteiger partial charge is 0.211 e. The lowest BCUT2D eigenvalue weighted by Crippen LogP contribution is -2.39. The van der Waals surface area contributed by atoms with Crippen LogP contribution in [0.4, 0.5) is 0 Å². The molecule has 1 aliphatic heterocycles. The third-order valence-electron chi connectivity index (χ3n) is 3.65. The molecular formula is C14H17Cl2NO3S. The van der Waals surface area contributed by atoms with E-state index < -0.39 is 10.0 Å². The molecule has 1 aromatic carbocycles. The molecule has 0 bridgehead atoms. The van der Waals surface area contributed by atoms with Crippen LogP contribution in [-0.4, -0.2) is 37.9 Å². The monoisotopic (exact) mass is 349 g/mol. The molecule has 1 atom stereocenters. The molecule has 0 aliphatic carbocycles. The molecule has 0 N–H and O–H groups in total. The number of halogens is 2. The van der Waals surface area contributed by atoms with E-state index in [2.05, 4.69) is 0 Å². The Bertz CT molecular complexity index is 646. The normalized spacial score (nSPS) is 20.4. The molecule has 21 heavy (non-hydrogen) atoms. The summed E-state index contributed by atoms with van der Waals surface area (Å²) in [5.41, 5.74) is 0.403. The molecule has 0 aromatic heterocycles. The van der Waals surface area contributed by atoms with Crippen LogP contribution in [-0.2, 0) is 10.0 Å². The fraction of sp³-hybridized carbons (Fsp3) is 0.500. The number of Topliss-reactive ketones (excluding diaryl/α,β-unsaturated/α-hetero) is 1. The first kappa shape index (κ1) is 16.7. The molecule has 1 fully saturated rings. The molecule has 7 heteroatoms. The maximum absolute atomic E-state index is 12.3. The van der Waals surface area contributed by atoms with Crippen molar-refractivity contribution in [1.29, 1.82) is 0 Å². The molecule has 0 radical (unpaired) electrons. The third-order valence-corrected chi connectivity index (χ3v) is 5.49. The maximum Gasteiger partial charge on any atom is 0.211 e. The average Bonchev–Trinajstić information content (AvgIpc) is 2.41. The van der Waals surface area contributed by atoms with Crippen LogP contribution < -0.4 is 0 Å². The Balaban J connectivity index is 2.07. The molecule has 1 aromatic rings. The van der Waals surface area contributed by atoms with E-state index in [4.69, 9.17) is 23.2 Å². The number of hydrogen-bond donors (Lipinski definition) is 0. The van der Waals surface area contributed by atoms with Gasteiger partial charge in [-0.2, -0.15) is 0 Å². The van der Waals surface area contributed by atoms with Crippen LogP contribution in [0.2, 0.25) is 10.0 Å². The Hall–Kier alpha value is -0.620. The summed E-state index contributed by atoms with van der Waals surface area (Å²) in [6.45, 7) is 0.921. The van der Waals surface area contributed by atoms with Crippen LogP contribution >= 0.6 is 23.2 Å². The van der Waals surface area contributed by atoms with Crippen LogP contribution in [0.5, 0.6) is 0 Å². The first-order valence-corrected chi connectivity index (χ1v) is 9.31. The highest BCUT2D eigenvalue weighted by molar-refractivity contribution is 7.88. The van der Waals surface area contributed by atoms with Gasteiger partial charge in [-0.25, -0.2) is 12.7 Å². The van der Waals surface area contributed by atoms with E-state index in [9.17, 15) is 13.2 Å². The molecule has 4 nitrogen and oxygen atoms in total. The van der Waals surface area contributed by atoms with Crippen molar-refractivity contribution < 1.29 is 13.2 Å². The van der Waals surface area contributed by atoms with Crippen LogP contribution in [0.25, 0.3) is 0 Å². The van der Waals surface area contributed by atoms with Crippen molar-refractivity contribution in [2.45, 2.75) is 19.3 Å². The molecule has 1 heterocycles. The molecule has 1 aliphatic rings. The number of carbonyl (C=O) groups is 1. The SMILES string of the molecule is CS(=O)(=O)N1CCCC(CC(=O)c2cc(Cl)ccc2Cl)C1. The van der Waals surface area contributed by atoms with Gasteiger partial charge in [-0.1, -0.05) is 23.2 Å². The van der Waals surface area contributed by atoms with E-state index >= 15 is 0 Å². The van der Waals surface area contributed by atoms with Crippen molar-refractivity contribution in [3.63, 3.8) is 0 Å². The highest BCUT2D eigenvalue weighted by Crippen LogP contribution is 2.27. The van der Waals surface area contributed by atoms with Gasteiger partial charge in [0.2, 0.25) is 10.0 Å². The van der Waals surface area contributed by atoms with Gasteiger partial charge in [-0.15, -0.1) is 0 Å². The minimum Gasteiger partial charge on any atom is -0.294 e. The summed E-state index contributed by atoms with van der Waals surface area (Å²) in [5, 5.41) is 0.837. The summed E-state index contributed by atoms with van der Waals surface area (Å²) in [7, 11) is -3.20. The second-order valence-electron chi connectivity index (χ2n) is 5.38. The number of sulfonamides is 1. The van der Waals surface area contributed by atoms with E-state index in [1.807, 2.05) is 0 Å². The zero-order valence-corrected chi connectivity index (χ0v) is 14.0. The van der Waals surface area contributed by atoms with Gasteiger partial charge in [-0.05, 0) is 37.0 Å². The predicted octanol–water partition coefficient (Wildman–Crippen LogP) is 3.24. The minimum atomic E-state index is -3.20. The summed E-state index contributed by atoms with van der Waals surface area (Å²) in [5.74, 6) is -0.0705. The minimum absolute atomic E-state index is 0.0241. The molecule has 0 amide bonds. The fourth-order valence-electron chi connectivity index (χ4n) is 2.58. The lowest BCUT2D eigenvalue weighted by Gasteiger charge is -2.30. The zero-order valence-electron chi connectivity index (χ0n) is 11.7. The lowest BCUT2D eigenvalue weighted by molar-refractivity contribution is 0.0942. The van der Waals surface area contributed by atoms with Gasteiger partial charge in [0, 0.05) is 30.1 Å². The average molecular weight is 350 g/mol. The molecule has 0 spiro atoms. The first-order valence-electron chi connectivity index (χ1n) is 6.71. The van der Waals surface area contributed by atoms with Crippen molar-refractivity contribution in [3.05, 3.63) is 33.8 Å². The van der Waals surface area contributed by atoms with E-state index in [-0.39, 0.29) is 18.1 Å². The van der Waals surface area contributed by atoms with Crippen LogP contribution in [0.3, 0.4) is 0 Å². The van der Waals surface area contributed by atoms with Crippen molar-refractivity contribution in [2.24, 2.45) is 5.92 Å². The largest absolute Gasteiger partial charge is 0.294 e. The highest BCUT2D eigenvalue weighted by atomic mass is 35.5. The van der Waals surface area contributed by atoms with Gasteiger partial charge >= 0.3 is 0 Å². The van der Waals surface area contributed by atoms with E-state index in [1.54, 1.807) is 18.2 Å². The summed E-state index contributed by atoms with van der Waals surface area (Å²) in [6.07, 6.45) is 3.10. The number of ketones is 1. The van der Waals surface area contributed by atoms with E-state index in [0.717, 1.165) is 12.8 Å². The van der Waals surface area contributed by atoms with Crippen molar-refractivity contribution in [1.82, 2.24) is 4.31 Å². The Morgan fingerprint density at radius 3 is 2.76 bits per heavy atom. The second-order valence-corrected chi connectivity index (χ2v) is 8.21. The summed E-state index contributed by atoms with van der Waals surface area (Å²) in [4.78, 5) is 12.3. The summed E-state index contributed by atoms with van der Waals surface area (Å²) in [6, 6.07) is 4.79. The number of carbonyl (C=O) groups excluding carboxylic acids is 1. The number of nitrogens with zero attached hydrogens (tertiary/aromatic N) is 1. The maximum atomic E-state index is 12.3. The fourth-order valence-corrected chi connectivity index (χ4v) is 3.92. The van der Waals surface area contributed by atoms with Crippen molar-refractivity contribution in [3.8, 4) is 0 Å². The van der Waals surface area contributed by atoms with Crippen LogP contribution in [0, 0.1) is 5.92 Å². The van der Waals surface area contributed by atoms with E-state index in [0.29, 0.717) is 28.7 Å². The molecule has 116 valence electrons. The third kappa shape index (κ3) is 4.42. The van der Waals surface area contributed by atoms with Gasteiger partial charge in [0.1, 0.15) is 0 Å². The molecule has 1 saturated heterocycles. The number of piperidine rings is 1. The Morgan fingerprint density at radius 2 is 2.10 bits per heavy atom. The molecular weight excluding hydrogens is 333 g/mol. The number of rotatable bonds is 4. The standard InChI is InChI=1S/C14H17Cl2NO3S/c1-21(19,20)17-6-2-3-10(9-17)7-14(18)12-8-11(15)4-5-13(12)16/h4-5,8,10H,2-3,6-7,9H2,1H3. The lowest BCUT2D eigenvalue weighted by atomic mass is 9.92. The second kappa shape index (κ2) is 6.65. The summed E-state index contributed by atoms with van der Waals surface area (Å²) >= 11 is 11.9. The molecule has 1 unspecified atom stereocenters. The Labute approximate surface area is 135 Å². The Morgan fingerprint density at radius 1 is 1.38 bits per heavy atom. The van der Waals surface area contributed by atoms with Gasteiger partial charge in [0.25, 0.3) is 0 Å². The van der Waals surface area contributed by atoms with Gasteiger partial charge in [-0.3, -0.25) is 4.79 Å². The number of hydrogen-bond acceptors (Lipinski definition) is 3.